The molecule has 0 unspecified atom stereocenters. The summed E-state index contributed by atoms with van der Waals surface area (Å²) in [6, 6.07) is 7.72. The largest absolute Gasteiger partial charge is 0.357 e. The molecule has 136 valence electrons. The molecule has 0 amide bonds. The molecule has 1 heterocycles. The minimum absolute atomic E-state index is 0.288. The van der Waals surface area contributed by atoms with Crippen LogP contribution in [0.5, 0.6) is 0 Å². The Kier molecular flexibility index (Phi) is 7.73. The third-order valence-electron chi connectivity index (χ3n) is 3.54. The molecule has 0 aliphatic heterocycles. The summed E-state index contributed by atoms with van der Waals surface area (Å²) in [6.07, 6.45) is 1.65. The Hall–Kier alpha value is -2.08. The molecule has 0 atom stereocenters. The fourth-order valence-corrected chi connectivity index (χ4v) is 2.28. The van der Waals surface area contributed by atoms with Gasteiger partial charge in [0.15, 0.2) is 11.8 Å². The van der Waals surface area contributed by atoms with Gasteiger partial charge in [0.1, 0.15) is 0 Å². The van der Waals surface area contributed by atoms with Gasteiger partial charge >= 0.3 is 0 Å². The van der Waals surface area contributed by atoms with Crippen molar-refractivity contribution in [2.24, 2.45) is 4.99 Å². The van der Waals surface area contributed by atoms with Crippen molar-refractivity contribution < 1.29 is 4.52 Å². The summed E-state index contributed by atoms with van der Waals surface area (Å²) in [4.78, 5) is 8.97. The Labute approximate surface area is 154 Å². The summed E-state index contributed by atoms with van der Waals surface area (Å²) in [5, 5.41) is 11.3. The van der Waals surface area contributed by atoms with E-state index in [4.69, 9.17) is 16.1 Å². The number of benzene rings is 1. The first-order valence-electron chi connectivity index (χ1n) is 8.67. The average molecular weight is 364 g/mol. The van der Waals surface area contributed by atoms with Crippen LogP contribution < -0.4 is 10.6 Å². The topological polar surface area (TPSA) is 75.3 Å². The van der Waals surface area contributed by atoms with Gasteiger partial charge in [-0.3, -0.25) is 0 Å². The molecule has 0 saturated heterocycles. The lowest BCUT2D eigenvalue weighted by Crippen LogP contribution is -2.37. The fraction of sp³-hybridized carbons (Fsp3) is 0.500. The Morgan fingerprint density at radius 3 is 2.64 bits per heavy atom. The summed E-state index contributed by atoms with van der Waals surface area (Å²) in [7, 11) is 0. The van der Waals surface area contributed by atoms with E-state index in [9.17, 15) is 0 Å². The van der Waals surface area contributed by atoms with E-state index in [2.05, 4.69) is 39.6 Å². The molecule has 0 radical (unpaired) electrons. The summed E-state index contributed by atoms with van der Waals surface area (Å²) in [6.45, 7) is 8.35. The van der Waals surface area contributed by atoms with E-state index in [1.165, 1.54) is 0 Å². The Morgan fingerprint density at radius 1 is 1.24 bits per heavy atom. The number of halogens is 1. The maximum atomic E-state index is 5.90. The summed E-state index contributed by atoms with van der Waals surface area (Å²) in [5.41, 5.74) is 1.12. The Balaban J connectivity index is 1.78. The second kappa shape index (κ2) is 10.0. The number of hydrogen-bond acceptors (Lipinski definition) is 4. The van der Waals surface area contributed by atoms with Gasteiger partial charge in [0.25, 0.3) is 0 Å². The van der Waals surface area contributed by atoms with Gasteiger partial charge in [-0.2, -0.15) is 4.98 Å². The summed E-state index contributed by atoms with van der Waals surface area (Å²) < 4.78 is 5.25. The zero-order valence-electron chi connectivity index (χ0n) is 15.1. The normalized spacial score (nSPS) is 11.8. The minimum atomic E-state index is 0.288. The second-order valence-corrected chi connectivity index (χ2v) is 6.49. The SMILES string of the molecule is CCNC(=NCc1ccc(Cl)cc1)NCCCc1nc(C(C)C)no1. The van der Waals surface area contributed by atoms with Crippen LogP contribution in [0, 0.1) is 0 Å². The highest BCUT2D eigenvalue weighted by molar-refractivity contribution is 6.30. The third-order valence-corrected chi connectivity index (χ3v) is 3.79. The van der Waals surface area contributed by atoms with Gasteiger partial charge in [0.05, 0.1) is 6.54 Å². The molecule has 0 aliphatic rings. The van der Waals surface area contributed by atoms with E-state index in [1.807, 2.05) is 31.2 Å². The molecule has 2 rings (SSSR count). The van der Waals surface area contributed by atoms with Gasteiger partial charge in [-0.25, -0.2) is 4.99 Å². The Bertz CT molecular complexity index is 666. The van der Waals surface area contributed by atoms with Crippen LogP contribution >= 0.6 is 11.6 Å². The van der Waals surface area contributed by atoms with Gasteiger partial charge < -0.3 is 15.2 Å². The lowest BCUT2D eigenvalue weighted by atomic mass is 10.2. The van der Waals surface area contributed by atoms with Crippen molar-refractivity contribution in [2.75, 3.05) is 13.1 Å². The first kappa shape index (κ1) is 19.2. The van der Waals surface area contributed by atoms with E-state index >= 15 is 0 Å². The van der Waals surface area contributed by atoms with Gasteiger partial charge in [-0.1, -0.05) is 42.7 Å². The Morgan fingerprint density at radius 2 is 2.00 bits per heavy atom. The van der Waals surface area contributed by atoms with Gasteiger partial charge in [-0.15, -0.1) is 0 Å². The van der Waals surface area contributed by atoms with E-state index in [1.54, 1.807) is 0 Å². The molecule has 6 nitrogen and oxygen atoms in total. The number of nitrogens with one attached hydrogen (secondary N) is 2. The maximum absolute atomic E-state index is 5.90. The molecule has 0 spiro atoms. The molecule has 2 aromatic rings. The number of aromatic nitrogens is 2. The summed E-state index contributed by atoms with van der Waals surface area (Å²) in [5.74, 6) is 2.54. The smallest absolute Gasteiger partial charge is 0.226 e. The molecular formula is C18H26ClN5O. The van der Waals surface area contributed by atoms with E-state index in [0.717, 1.165) is 48.3 Å². The van der Waals surface area contributed by atoms with Gasteiger partial charge in [-0.05, 0) is 31.0 Å². The van der Waals surface area contributed by atoms with Crippen LogP contribution in [0.2, 0.25) is 5.02 Å². The van der Waals surface area contributed by atoms with Crippen molar-refractivity contribution in [1.82, 2.24) is 20.8 Å². The lowest BCUT2D eigenvalue weighted by Gasteiger charge is -2.10. The fourth-order valence-electron chi connectivity index (χ4n) is 2.15. The average Bonchev–Trinajstić information content (AvgIpc) is 3.07. The first-order valence-corrected chi connectivity index (χ1v) is 9.05. The quantitative estimate of drug-likeness (QED) is 0.426. The van der Waals surface area contributed by atoms with Crippen molar-refractivity contribution in [3.63, 3.8) is 0 Å². The first-order chi connectivity index (χ1) is 12.1. The molecule has 1 aromatic heterocycles. The zero-order chi connectivity index (χ0) is 18.1. The lowest BCUT2D eigenvalue weighted by molar-refractivity contribution is 0.368. The molecule has 1 aromatic carbocycles. The third kappa shape index (κ3) is 6.74. The van der Waals surface area contributed by atoms with Crippen LogP contribution in [0.1, 0.15) is 50.4 Å². The standard InChI is InChI=1S/C18H26ClN5O/c1-4-20-18(22-12-14-7-9-15(19)10-8-14)21-11-5-6-16-23-17(13(2)3)24-25-16/h7-10,13H,4-6,11-12H2,1-3H3,(H2,20,21,22). The molecule has 7 heteroatoms. The van der Waals surface area contributed by atoms with Gasteiger partial charge in [0.2, 0.25) is 5.89 Å². The molecule has 2 N–H and O–H groups in total. The van der Waals surface area contributed by atoms with Crippen LogP contribution in [-0.4, -0.2) is 29.2 Å². The van der Waals surface area contributed by atoms with Gasteiger partial charge in [0, 0.05) is 30.5 Å². The highest BCUT2D eigenvalue weighted by Gasteiger charge is 2.09. The van der Waals surface area contributed by atoms with Crippen molar-refractivity contribution in [3.05, 3.63) is 46.6 Å². The maximum Gasteiger partial charge on any atom is 0.226 e. The number of rotatable bonds is 8. The monoisotopic (exact) mass is 363 g/mol. The molecule has 0 aliphatic carbocycles. The van der Waals surface area contributed by atoms with E-state index < -0.39 is 0 Å². The molecule has 0 saturated carbocycles. The highest BCUT2D eigenvalue weighted by Crippen LogP contribution is 2.11. The zero-order valence-corrected chi connectivity index (χ0v) is 15.8. The van der Waals surface area contributed by atoms with Crippen LogP contribution in [0.4, 0.5) is 0 Å². The molecule has 0 fully saturated rings. The number of nitrogens with zero attached hydrogens (tertiary/aromatic N) is 3. The molecule has 0 bridgehead atoms. The molecular weight excluding hydrogens is 338 g/mol. The minimum Gasteiger partial charge on any atom is -0.357 e. The predicted molar refractivity (Wildman–Crippen MR) is 101 cm³/mol. The van der Waals surface area contributed by atoms with Crippen LogP contribution in [0.3, 0.4) is 0 Å². The van der Waals surface area contributed by atoms with E-state index in [-0.39, 0.29) is 5.92 Å². The number of hydrogen-bond donors (Lipinski definition) is 2. The van der Waals surface area contributed by atoms with Crippen molar-refractivity contribution >= 4 is 17.6 Å². The number of aryl methyl sites for hydroxylation is 1. The van der Waals surface area contributed by atoms with Crippen LogP contribution in [0.25, 0.3) is 0 Å². The predicted octanol–water partition coefficient (Wildman–Crippen LogP) is 3.53. The van der Waals surface area contributed by atoms with Crippen molar-refractivity contribution in [2.45, 2.75) is 46.1 Å². The number of aliphatic imine (C=N–C) groups is 1. The molecule has 25 heavy (non-hydrogen) atoms. The summed E-state index contributed by atoms with van der Waals surface area (Å²) >= 11 is 5.90. The second-order valence-electron chi connectivity index (χ2n) is 6.05. The number of guanidine groups is 1. The van der Waals surface area contributed by atoms with Crippen molar-refractivity contribution in [3.8, 4) is 0 Å². The van der Waals surface area contributed by atoms with E-state index in [0.29, 0.717) is 12.4 Å². The van der Waals surface area contributed by atoms with Crippen LogP contribution in [-0.2, 0) is 13.0 Å². The van der Waals surface area contributed by atoms with Crippen LogP contribution in [0.15, 0.2) is 33.8 Å². The highest BCUT2D eigenvalue weighted by atomic mass is 35.5. The van der Waals surface area contributed by atoms with Crippen molar-refractivity contribution in [1.29, 1.82) is 0 Å².